The number of rotatable bonds is 8. The van der Waals surface area contributed by atoms with E-state index in [0.29, 0.717) is 0 Å². The minimum Gasteiger partial charge on any atom is -0.384 e. The van der Waals surface area contributed by atoms with Gasteiger partial charge in [0.15, 0.2) is 0 Å². The lowest BCUT2D eigenvalue weighted by Crippen LogP contribution is -2.08. The van der Waals surface area contributed by atoms with Gasteiger partial charge in [-0.1, -0.05) is 169 Å². The zero-order chi connectivity index (χ0) is 41.4. The molecule has 0 aliphatic rings. The average molecular weight is 697 g/mol. The zero-order valence-electron chi connectivity index (χ0n) is 40.0. The summed E-state index contributed by atoms with van der Waals surface area (Å²) >= 11 is 0. The molecular formula is C47H104N2. The molecule has 0 radical (unpaired) electrons. The fourth-order valence-corrected chi connectivity index (χ4v) is 1.87. The van der Waals surface area contributed by atoms with E-state index in [0.717, 1.165) is 30.2 Å². The number of hydrogen-bond donors (Lipinski definition) is 0. The molecule has 302 valence electrons. The lowest BCUT2D eigenvalue weighted by molar-refractivity contribution is 0.434. The second-order valence-electron chi connectivity index (χ2n) is 14.9. The number of allylic oxidation sites excluding steroid dienone is 9. The van der Waals surface area contributed by atoms with Gasteiger partial charge in [0, 0.05) is 14.1 Å². The third kappa shape index (κ3) is 219. The predicted molar refractivity (Wildman–Crippen MR) is 242 cm³/mol. The first-order valence-electron chi connectivity index (χ1n) is 19.8. The first-order chi connectivity index (χ1) is 22.4. The zero-order valence-corrected chi connectivity index (χ0v) is 40.0. The van der Waals surface area contributed by atoms with Gasteiger partial charge in [0.05, 0.1) is 0 Å². The van der Waals surface area contributed by atoms with Gasteiger partial charge < -0.3 is 9.80 Å². The van der Waals surface area contributed by atoms with Crippen molar-refractivity contribution >= 4 is 0 Å². The van der Waals surface area contributed by atoms with E-state index in [9.17, 15) is 0 Å². The third-order valence-electron chi connectivity index (χ3n) is 5.58. The Balaban J connectivity index is -0.0000000526. The van der Waals surface area contributed by atoms with Crippen molar-refractivity contribution in [3.05, 3.63) is 59.4 Å². The maximum absolute atomic E-state index is 2.25. The van der Waals surface area contributed by atoms with Crippen molar-refractivity contribution in [2.24, 2.45) is 23.7 Å². The van der Waals surface area contributed by atoms with E-state index in [1.54, 1.807) is 0 Å². The summed E-state index contributed by atoms with van der Waals surface area (Å²) in [6, 6.07) is 0. The second-order valence-corrected chi connectivity index (χ2v) is 14.9. The van der Waals surface area contributed by atoms with Crippen LogP contribution in [0.1, 0.15) is 191 Å². The summed E-state index contributed by atoms with van der Waals surface area (Å²) in [5.74, 6) is 3.33. The molecule has 0 aromatic carbocycles. The Bertz CT molecular complexity index is 619. The van der Waals surface area contributed by atoms with Crippen molar-refractivity contribution in [3.8, 4) is 0 Å². The van der Waals surface area contributed by atoms with Gasteiger partial charge >= 0.3 is 0 Å². The van der Waals surface area contributed by atoms with E-state index in [4.69, 9.17) is 0 Å². The van der Waals surface area contributed by atoms with Gasteiger partial charge in [-0.25, -0.2) is 0 Å². The van der Waals surface area contributed by atoms with Gasteiger partial charge in [-0.15, -0.1) is 0 Å². The van der Waals surface area contributed by atoms with E-state index in [-0.39, 0.29) is 0 Å². The largest absolute Gasteiger partial charge is 0.384 e. The SMILES string of the molecule is C/C=C(/C)CC.C/C=C\C(C)C.C/C=C\N(C)C.CC(C)C.CC=C(C)C.CCC(C)C.CCC=C(C)C.CCCC(C)C.CCN(C)C. The molecule has 0 saturated heterocycles. The molecule has 0 aromatic heterocycles. The summed E-state index contributed by atoms with van der Waals surface area (Å²) in [6.45, 7) is 50.5. The highest BCUT2D eigenvalue weighted by atomic mass is 15.0. The lowest BCUT2D eigenvalue weighted by atomic mass is 10.1. The molecule has 49 heavy (non-hydrogen) atoms. The van der Waals surface area contributed by atoms with Crippen LogP contribution in [0.2, 0.25) is 0 Å². The van der Waals surface area contributed by atoms with Crippen molar-refractivity contribution in [2.75, 3.05) is 34.7 Å². The predicted octanol–water partition coefficient (Wildman–Crippen LogP) is 16.7. The minimum absolute atomic E-state index is 0.718. The van der Waals surface area contributed by atoms with Crippen LogP contribution in [0.4, 0.5) is 0 Å². The van der Waals surface area contributed by atoms with Crippen molar-refractivity contribution < 1.29 is 0 Å². The van der Waals surface area contributed by atoms with E-state index in [1.807, 2.05) is 52.0 Å². The molecule has 0 N–H and O–H groups in total. The monoisotopic (exact) mass is 697 g/mol. The van der Waals surface area contributed by atoms with Crippen LogP contribution in [0.25, 0.3) is 0 Å². The fraction of sp³-hybridized carbons (Fsp3) is 0.787. The summed E-state index contributed by atoms with van der Waals surface area (Å²) in [5, 5.41) is 0. The maximum atomic E-state index is 2.25. The Labute approximate surface area is 318 Å². The van der Waals surface area contributed by atoms with E-state index in [2.05, 4.69) is 188 Å². The Morgan fingerprint density at radius 1 is 0.592 bits per heavy atom. The quantitative estimate of drug-likeness (QED) is 0.233. The van der Waals surface area contributed by atoms with Gasteiger partial charge in [0.25, 0.3) is 0 Å². The Kier molecular flexibility index (Phi) is 91.7. The standard InChI is InChI=1S/C6H14.3C6H12.C5H11N.C5H12.C5H10.C4H11N.C4H10/c3*1-4-5-6(2)3;1-4-6(3)5-2;1-4-5-6(2)3;3*1-4-5(2)3;1-4(2)3/h6H,4-5H2,1-3H3;5H,4H2,1-3H3;4-6H,1-3H3;4H,5H2,1-3H3;4-5H,1-3H3;5H,4H2,1-3H3;4H,1-3H3;4H2,1-3H3;4H,1-3H3/b;;5-4-;6-4-;5-4-;;;;. The number of hydrogen-bond acceptors (Lipinski definition) is 2. The van der Waals surface area contributed by atoms with Gasteiger partial charge in [0.2, 0.25) is 0 Å². The minimum atomic E-state index is 0.718. The van der Waals surface area contributed by atoms with Crippen molar-refractivity contribution in [1.82, 2.24) is 9.80 Å². The Morgan fingerprint density at radius 2 is 0.959 bits per heavy atom. The summed E-state index contributed by atoms with van der Waals surface area (Å²) in [4.78, 5) is 4.12. The summed E-state index contributed by atoms with van der Waals surface area (Å²) < 4.78 is 0. The van der Waals surface area contributed by atoms with Crippen LogP contribution in [0, 0.1) is 23.7 Å². The van der Waals surface area contributed by atoms with Gasteiger partial charge in [-0.05, 0) is 126 Å². The van der Waals surface area contributed by atoms with Gasteiger partial charge in [0.1, 0.15) is 0 Å². The van der Waals surface area contributed by atoms with E-state index >= 15 is 0 Å². The van der Waals surface area contributed by atoms with Crippen molar-refractivity contribution in [1.29, 1.82) is 0 Å². The lowest BCUT2D eigenvalue weighted by Gasteiger charge is -2.00. The number of nitrogens with zero attached hydrogens (tertiary/aromatic N) is 2. The van der Waals surface area contributed by atoms with Crippen molar-refractivity contribution in [2.45, 2.75) is 191 Å². The van der Waals surface area contributed by atoms with Crippen LogP contribution < -0.4 is 0 Å². The van der Waals surface area contributed by atoms with Crippen LogP contribution in [-0.4, -0.2) is 44.5 Å². The molecule has 0 fully saturated rings. The Morgan fingerprint density at radius 3 is 0.959 bits per heavy atom. The Hall–Kier alpha value is -1.54. The van der Waals surface area contributed by atoms with Crippen LogP contribution >= 0.6 is 0 Å². The molecule has 2 heteroatoms. The molecule has 0 heterocycles. The summed E-state index contributed by atoms with van der Waals surface area (Å²) in [6.07, 6.45) is 21.0. The van der Waals surface area contributed by atoms with Gasteiger partial charge in [-0.2, -0.15) is 0 Å². The summed E-state index contributed by atoms with van der Waals surface area (Å²) in [5.41, 5.74) is 4.26. The maximum Gasteiger partial charge on any atom is 0.00555 e. The van der Waals surface area contributed by atoms with Gasteiger partial charge in [-0.3, -0.25) is 0 Å². The topological polar surface area (TPSA) is 6.48 Å². The van der Waals surface area contributed by atoms with Crippen LogP contribution in [0.5, 0.6) is 0 Å². The molecule has 0 atom stereocenters. The molecular weight excluding hydrogens is 593 g/mol. The third-order valence-corrected chi connectivity index (χ3v) is 5.58. The highest BCUT2D eigenvalue weighted by molar-refractivity contribution is 4.93. The molecule has 2 nitrogen and oxygen atoms in total. The van der Waals surface area contributed by atoms with Crippen LogP contribution in [-0.2, 0) is 0 Å². The highest BCUT2D eigenvalue weighted by Crippen LogP contribution is 2.00. The van der Waals surface area contributed by atoms with E-state index < -0.39 is 0 Å². The fourth-order valence-electron chi connectivity index (χ4n) is 1.87. The molecule has 0 spiro atoms. The van der Waals surface area contributed by atoms with E-state index in [1.165, 1.54) is 48.8 Å². The van der Waals surface area contributed by atoms with Crippen LogP contribution in [0.15, 0.2) is 59.4 Å². The average Bonchev–Trinajstić information content (AvgIpc) is 2.98. The molecule has 0 aliphatic heterocycles. The molecule has 0 amide bonds. The second kappa shape index (κ2) is 64.9. The molecule has 0 aromatic rings. The molecule has 0 saturated carbocycles. The van der Waals surface area contributed by atoms with Crippen LogP contribution in [0.3, 0.4) is 0 Å². The van der Waals surface area contributed by atoms with Crippen molar-refractivity contribution in [3.63, 3.8) is 0 Å². The highest BCUT2D eigenvalue weighted by Gasteiger charge is 1.85. The molecule has 0 unspecified atom stereocenters. The smallest absolute Gasteiger partial charge is 0.00555 e. The molecule has 0 bridgehead atoms. The first kappa shape index (κ1) is 69.3. The summed E-state index contributed by atoms with van der Waals surface area (Å²) in [7, 11) is 8.11. The molecule has 0 aliphatic carbocycles. The first-order valence-corrected chi connectivity index (χ1v) is 19.8. The normalized spacial score (nSPS) is 9.67. The molecule has 0 rings (SSSR count).